The van der Waals surface area contributed by atoms with Gasteiger partial charge in [-0.25, -0.2) is 31.5 Å². The van der Waals surface area contributed by atoms with Gasteiger partial charge in [-0.15, -0.1) is 11.6 Å². The second kappa shape index (κ2) is 57.9. The highest BCUT2D eigenvalue weighted by Gasteiger charge is 2.32. The Balaban J connectivity index is 0.000000269. The number of ether oxygens (including phenoxy) is 3. The molecule has 0 saturated carbocycles. The molecule has 0 fully saturated rings. The van der Waals surface area contributed by atoms with Crippen molar-refractivity contribution in [2.24, 2.45) is 0 Å². The molecular weight excluding hydrogens is 1590 g/mol. The summed E-state index contributed by atoms with van der Waals surface area (Å²) in [4.78, 5) is 33.9. The van der Waals surface area contributed by atoms with Crippen molar-refractivity contribution in [2.45, 2.75) is 273 Å². The quantitative estimate of drug-likeness (QED) is 0.00737. The number of carboxylic acids is 1. The van der Waals surface area contributed by atoms with Gasteiger partial charge >= 0.3 is 11.9 Å². The van der Waals surface area contributed by atoms with E-state index in [1.165, 1.54) is 169 Å². The fourth-order valence-electron chi connectivity index (χ4n) is 14.5. The van der Waals surface area contributed by atoms with Gasteiger partial charge in [-0.3, -0.25) is 0 Å². The summed E-state index contributed by atoms with van der Waals surface area (Å²) in [6.45, 7) is 21.5. The van der Waals surface area contributed by atoms with E-state index in [9.17, 15) is 56.8 Å². The van der Waals surface area contributed by atoms with Crippen LogP contribution >= 0.6 is 11.6 Å². The number of methoxy groups -OCH3 is 2. The number of aldehydes is 1. The summed E-state index contributed by atoms with van der Waals surface area (Å²) >= 11 is 4.64. The minimum atomic E-state index is -1.31. The van der Waals surface area contributed by atoms with Crippen molar-refractivity contribution in [3.05, 3.63) is 352 Å². The third-order valence-electron chi connectivity index (χ3n) is 22.4. The lowest BCUT2D eigenvalue weighted by Crippen LogP contribution is -2.23. The zero-order valence-corrected chi connectivity index (χ0v) is 76.5. The number of hydrogen-bond donors (Lipinski definition) is 4. The number of cyclic esters (lactones) is 1. The SMILES string of the molecule is CCCCCc1ccc(C(Cc2ccc(C)c(F)c2)C(O)OC)cc1.CCCCCc1ccc(C(Cc2ccc(C)c(F)c2C(=O)O)C(O)OC)cc1.CCCCCc1ccc(C(O)Cc2ccc(C)c(F)c2)cc1.CCCCCc1ccc(C)cc1.CCCCCc1ccc(C2Cc3ccc(C)c(F)c3C(=O)O2)cc1.CCl.Cc1ccc(CC=O)cc1F. The van der Waals surface area contributed by atoms with Gasteiger partial charge in [-0.2, -0.15) is 0 Å². The van der Waals surface area contributed by atoms with Gasteiger partial charge in [-0.1, -0.05) is 286 Å². The summed E-state index contributed by atoms with van der Waals surface area (Å²) in [5, 5.41) is 40.4. The molecule has 4 N–H and O–H groups in total. The summed E-state index contributed by atoms with van der Waals surface area (Å²) < 4.78 is 84.5. The molecule has 6 unspecified atom stereocenters. The number of benzene rings is 10. The zero-order chi connectivity index (χ0) is 91.0. The highest BCUT2D eigenvalue weighted by molar-refractivity contribution is 6.15. The Hall–Kier alpha value is -9.45. The Morgan fingerprint density at radius 1 is 0.427 bits per heavy atom. The van der Waals surface area contributed by atoms with Crippen molar-refractivity contribution in [1.29, 1.82) is 0 Å². The lowest BCUT2D eigenvalue weighted by Gasteiger charge is -2.25. The number of halogens is 6. The van der Waals surface area contributed by atoms with Crippen molar-refractivity contribution in [3.63, 3.8) is 0 Å². The number of aromatic carboxylic acids is 1. The molecule has 1 aliphatic rings. The minimum Gasteiger partial charge on any atom is -0.478 e. The maximum absolute atomic E-state index is 14.4. The van der Waals surface area contributed by atoms with Crippen molar-refractivity contribution >= 4 is 29.8 Å². The van der Waals surface area contributed by atoms with Crippen LogP contribution in [-0.2, 0) is 83.2 Å². The number of carbonyl (C=O) groups excluding carboxylic acids is 2. The van der Waals surface area contributed by atoms with Crippen LogP contribution in [0.1, 0.15) is 287 Å². The van der Waals surface area contributed by atoms with E-state index < -0.39 is 48.2 Å². The molecule has 0 saturated heterocycles. The molecule has 0 radical (unpaired) electrons. The largest absolute Gasteiger partial charge is 0.478 e. The number of unbranched alkanes of at least 4 members (excludes halogenated alkanes) is 10. The van der Waals surface area contributed by atoms with Gasteiger partial charge in [0.1, 0.15) is 41.5 Å². The average Bonchev–Trinajstić information content (AvgIpc) is 0.782. The molecule has 10 aromatic rings. The molecule has 0 bridgehead atoms. The van der Waals surface area contributed by atoms with Gasteiger partial charge in [0.15, 0.2) is 12.6 Å². The summed E-state index contributed by atoms with van der Waals surface area (Å²) in [5.41, 5.74) is 17.5. The number of fused-ring (bicyclic) bond motifs is 1. The molecule has 16 heteroatoms. The van der Waals surface area contributed by atoms with Crippen LogP contribution in [0.2, 0.25) is 0 Å². The first-order valence-electron chi connectivity index (χ1n) is 44.3. The van der Waals surface area contributed by atoms with Crippen molar-refractivity contribution in [1.82, 2.24) is 0 Å². The summed E-state index contributed by atoms with van der Waals surface area (Å²) in [6, 6.07) is 63.4. The Morgan fingerprint density at radius 2 is 0.766 bits per heavy atom. The highest BCUT2D eigenvalue weighted by Crippen LogP contribution is 2.35. The molecular formula is C108H136ClF5O10. The number of aliphatic hydroxyl groups is 3. The van der Waals surface area contributed by atoms with Crippen LogP contribution in [-0.4, -0.2) is 71.8 Å². The van der Waals surface area contributed by atoms with E-state index in [1.807, 2.05) is 66.7 Å². The van der Waals surface area contributed by atoms with E-state index in [0.717, 1.165) is 82.9 Å². The third-order valence-corrected chi connectivity index (χ3v) is 22.4. The number of carbonyl (C=O) groups is 3. The number of esters is 1. The van der Waals surface area contributed by atoms with Crippen LogP contribution in [0.4, 0.5) is 22.0 Å². The van der Waals surface area contributed by atoms with Crippen molar-refractivity contribution in [2.75, 3.05) is 20.6 Å². The van der Waals surface area contributed by atoms with Crippen LogP contribution in [0, 0.1) is 70.6 Å². The summed E-state index contributed by atoms with van der Waals surface area (Å²) in [7, 11) is 2.89. The zero-order valence-electron chi connectivity index (χ0n) is 75.8. The molecule has 1 aliphatic heterocycles. The normalized spacial score (nSPS) is 13.1. The van der Waals surface area contributed by atoms with Gasteiger partial charge in [0.25, 0.3) is 0 Å². The van der Waals surface area contributed by atoms with Crippen LogP contribution < -0.4 is 0 Å². The van der Waals surface area contributed by atoms with Crippen LogP contribution in [0.5, 0.6) is 0 Å². The van der Waals surface area contributed by atoms with Gasteiger partial charge in [0.2, 0.25) is 0 Å². The number of carboxylic acid groups (broad SMARTS) is 1. The molecule has 0 aliphatic carbocycles. The number of rotatable bonds is 37. The molecule has 10 aromatic carbocycles. The number of hydrogen-bond acceptors (Lipinski definition) is 9. The lowest BCUT2D eigenvalue weighted by molar-refractivity contribution is -0.107. The average molecular weight is 1720 g/mol. The Morgan fingerprint density at radius 3 is 1.15 bits per heavy atom. The standard InChI is InChI=1S/C23H29FO4.C22H29FO2.C21H23FO2.C20H25FO.C12H18.C9H9FO.CH3Cl/c1-4-5-6-7-16-9-12-17(13-10-16)19(23(27)28-3)14-18-11-8-15(2)21(24)20(18)22(25)26;1-4-5-6-7-17-10-12-19(13-11-17)20(22(24)25-3)14-18-9-8-16(2)21(23)15-18;1-3-4-5-6-15-8-11-16(12-9-15)18-13-17-10-7-14(2)20(22)19(17)21(23)24-18;1-3-4-5-6-16-9-11-18(12-10-16)20(22)14-17-8-7-15(2)19(21)13-17;1-3-4-5-6-12-9-7-11(2)8-10-12;1-7-2-3-8(4-5-11)6-9(7)10;1-2/h8-13,19,23,27H,4-7,14H2,1-3H3,(H,25,26);8-13,15,20,22,24H,4-7,14H2,1-3H3;7-12,18H,3-6,13H2,1-2H3;7-13,20,22H,3-6,14H2,1-2H3;7-10H,3-6H2,1-2H3;2-3,5-6H,4H2,1H3;1H3. The molecule has 0 aromatic heterocycles. The van der Waals surface area contributed by atoms with Gasteiger partial charge in [-0.05, 0) is 242 Å². The molecule has 0 amide bonds. The van der Waals surface area contributed by atoms with E-state index in [4.69, 9.17) is 14.2 Å². The number of aryl methyl sites for hydroxylation is 11. The predicted octanol–water partition coefficient (Wildman–Crippen LogP) is 26.9. The molecule has 6 atom stereocenters. The van der Waals surface area contributed by atoms with Gasteiger partial charge in [0, 0.05) is 51.7 Å². The van der Waals surface area contributed by atoms with Crippen molar-refractivity contribution in [3.8, 4) is 0 Å². The minimum absolute atomic E-state index is 0.0995. The highest BCUT2D eigenvalue weighted by atomic mass is 35.5. The first kappa shape index (κ1) is 105. The van der Waals surface area contributed by atoms with Crippen molar-refractivity contribution < 1.29 is 71.0 Å². The second-order valence-corrected chi connectivity index (χ2v) is 32.3. The molecule has 124 heavy (non-hydrogen) atoms. The first-order chi connectivity index (χ1) is 59.7. The number of alkyl halides is 1. The molecule has 0 spiro atoms. The smallest absolute Gasteiger partial charge is 0.342 e. The van der Waals surface area contributed by atoms with Crippen LogP contribution in [0.3, 0.4) is 0 Å². The molecule has 1 heterocycles. The number of aliphatic hydroxyl groups excluding tert-OH is 3. The molecule has 10 nitrogen and oxygen atoms in total. The summed E-state index contributed by atoms with van der Waals surface area (Å²) in [5.74, 6) is -4.46. The Labute approximate surface area is 742 Å². The first-order valence-corrected chi connectivity index (χ1v) is 45.0. The van der Waals surface area contributed by atoms with Crippen LogP contribution in [0.15, 0.2) is 200 Å². The maximum atomic E-state index is 14.4. The third kappa shape index (κ3) is 35.9. The fraction of sp³-hybridized carbons (Fsp3) is 0.417. The molecule has 11 rings (SSSR count). The van der Waals surface area contributed by atoms with E-state index in [0.29, 0.717) is 47.1 Å². The monoisotopic (exact) mass is 1720 g/mol. The molecule has 670 valence electrons. The van der Waals surface area contributed by atoms with E-state index in [1.54, 1.807) is 76.2 Å². The lowest BCUT2D eigenvalue weighted by atomic mass is 9.88. The second-order valence-electron chi connectivity index (χ2n) is 32.3. The maximum Gasteiger partial charge on any atom is 0.342 e. The summed E-state index contributed by atoms with van der Waals surface area (Å²) in [6.07, 6.45) is 25.2. The van der Waals surface area contributed by atoms with E-state index >= 15 is 0 Å². The van der Waals surface area contributed by atoms with Gasteiger partial charge in [0.05, 0.1) is 17.2 Å². The van der Waals surface area contributed by atoms with Gasteiger partial charge < -0.3 is 39.4 Å². The Bertz CT molecular complexity index is 4750. The van der Waals surface area contributed by atoms with E-state index in [2.05, 4.69) is 126 Å². The van der Waals surface area contributed by atoms with Crippen LogP contribution in [0.25, 0.3) is 0 Å². The topological polar surface area (TPSA) is 160 Å². The Kier molecular flexibility index (Phi) is 49.1. The fourth-order valence-corrected chi connectivity index (χ4v) is 14.5. The van der Waals surface area contributed by atoms with E-state index in [-0.39, 0.29) is 59.0 Å². The predicted molar refractivity (Wildman–Crippen MR) is 497 cm³/mol.